The maximum absolute atomic E-state index is 12.8. The summed E-state index contributed by atoms with van der Waals surface area (Å²) in [6, 6.07) is 4.44. The summed E-state index contributed by atoms with van der Waals surface area (Å²) < 4.78 is 40.3. The summed E-state index contributed by atoms with van der Waals surface area (Å²) in [5.74, 6) is 0.650. The quantitative estimate of drug-likeness (QED) is 0.703. The van der Waals surface area contributed by atoms with Crippen molar-refractivity contribution in [3.63, 3.8) is 0 Å². The number of hydrogen-bond acceptors (Lipinski definition) is 4. The average molecular weight is 408 g/mol. The zero-order chi connectivity index (χ0) is 21.2. The lowest BCUT2D eigenvalue weighted by atomic mass is 10.1. The van der Waals surface area contributed by atoms with Crippen LogP contribution in [0.3, 0.4) is 0 Å². The highest BCUT2D eigenvalue weighted by atomic mass is 19.4. The monoisotopic (exact) mass is 408 g/mol. The van der Waals surface area contributed by atoms with Crippen LogP contribution < -0.4 is 4.90 Å². The maximum atomic E-state index is 12.8. The van der Waals surface area contributed by atoms with E-state index in [1.165, 1.54) is 6.07 Å². The molecule has 2 aromatic heterocycles. The highest BCUT2D eigenvalue weighted by Crippen LogP contribution is 2.29. The van der Waals surface area contributed by atoms with Gasteiger partial charge in [-0.2, -0.15) is 13.2 Å². The van der Waals surface area contributed by atoms with Gasteiger partial charge < -0.3 is 9.47 Å². The van der Waals surface area contributed by atoms with Gasteiger partial charge in [0.1, 0.15) is 5.82 Å². The van der Waals surface area contributed by atoms with Crippen LogP contribution in [0.2, 0.25) is 0 Å². The van der Waals surface area contributed by atoms with Crippen molar-refractivity contribution in [3.8, 4) is 0 Å². The summed E-state index contributed by atoms with van der Waals surface area (Å²) in [4.78, 5) is 20.9. The molecule has 2 aromatic rings. The van der Waals surface area contributed by atoms with E-state index in [9.17, 15) is 18.0 Å². The van der Waals surface area contributed by atoms with Gasteiger partial charge in [-0.3, -0.25) is 9.69 Å². The summed E-state index contributed by atoms with van der Waals surface area (Å²) in [5.41, 5.74) is 2.12. The molecule has 0 N–H and O–H groups in total. The molecule has 0 unspecified atom stereocenters. The van der Waals surface area contributed by atoms with Crippen LogP contribution in [0.4, 0.5) is 19.0 Å². The Morgan fingerprint density at radius 2 is 1.90 bits per heavy atom. The number of halogens is 3. The minimum atomic E-state index is -4.38. The third kappa shape index (κ3) is 4.80. The third-order valence-electron chi connectivity index (χ3n) is 5.55. The number of rotatable bonds is 5. The van der Waals surface area contributed by atoms with Crippen molar-refractivity contribution < 1.29 is 18.0 Å². The molecular weight excluding hydrogens is 381 g/mol. The number of pyridine rings is 1. The maximum Gasteiger partial charge on any atom is 0.417 e. The number of alkyl halides is 3. The number of aromatic nitrogens is 2. The van der Waals surface area contributed by atoms with E-state index >= 15 is 0 Å². The second-order valence-electron chi connectivity index (χ2n) is 7.47. The SMILES string of the molecule is CCn1c(C)cc(C(=O)CN2CCCN(c3ccc(C(F)(F)F)cn3)CC2)c1C. The van der Waals surface area contributed by atoms with Gasteiger partial charge in [0.2, 0.25) is 0 Å². The molecule has 0 radical (unpaired) electrons. The van der Waals surface area contributed by atoms with E-state index in [-0.39, 0.29) is 5.78 Å². The van der Waals surface area contributed by atoms with Crippen LogP contribution in [0.1, 0.15) is 40.7 Å². The molecule has 3 heterocycles. The summed E-state index contributed by atoms with van der Waals surface area (Å²) in [6.07, 6.45) is -2.68. The lowest BCUT2D eigenvalue weighted by molar-refractivity contribution is -0.137. The molecule has 1 fully saturated rings. The predicted octanol–water partition coefficient (Wildman–Crippen LogP) is 3.93. The van der Waals surface area contributed by atoms with Crippen molar-refractivity contribution in [2.45, 2.75) is 39.9 Å². The normalized spacial score (nSPS) is 16.1. The lowest BCUT2D eigenvalue weighted by Gasteiger charge is -2.22. The molecule has 0 saturated carbocycles. The van der Waals surface area contributed by atoms with E-state index in [0.29, 0.717) is 32.0 Å². The van der Waals surface area contributed by atoms with Gasteiger partial charge in [0.05, 0.1) is 12.1 Å². The molecule has 8 heteroatoms. The Bertz CT molecular complexity index is 858. The first-order valence-corrected chi connectivity index (χ1v) is 9.91. The zero-order valence-electron chi connectivity index (χ0n) is 17.1. The van der Waals surface area contributed by atoms with Crippen molar-refractivity contribution in [2.75, 3.05) is 37.6 Å². The van der Waals surface area contributed by atoms with Gasteiger partial charge in [-0.05, 0) is 45.4 Å². The number of aryl methyl sites for hydroxylation is 1. The largest absolute Gasteiger partial charge is 0.417 e. The van der Waals surface area contributed by atoms with Crippen molar-refractivity contribution in [3.05, 3.63) is 46.9 Å². The number of carbonyl (C=O) groups is 1. The molecule has 1 aliphatic heterocycles. The van der Waals surface area contributed by atoms with Gasteiger partial charge in [-0.25, -0.2) is 4.98 Å². The Balaban J connectivity index is 1.62. The Morgan fingerprint density at radius 3 is 2.48 bits per heavy atom. The summed E-state index contributed by atoms with van der Waals surface area (Å²) in [5, 5.41) is 0. The van der Waals surface area contributed by atoms with Crippen LogP contribution in [0.15, 0.2) is 24.4 Å². The molecule has 0 spiro atoms. The number of anilines is 1. The van der Waals surface area contributed by atoms with Crippen molar-refractivity contribution in [1.29, 1.82) is 0 Å². The molecule has 0 aromatic carbocycles. The second kappa shape index (κ2) is 8.57. The molecule has 1 aliphatic rings. The van der Waals surface area contributed by atoms with E-state index in [0.717, 1.165) is 48.7 Å². The highest BCUT2D eigenvalue weighted by Gasteiger charge is 2.31. The summed E-state index contributed by atoms with van der Waals surface area (Å²) in [7, 11) is 0. The summed E-state index contributed by atoms with van der Waals surface area (Å²) >= 11 is 0. The molecule has 0 aliphatic carbocycles. The van der Waals surface area contributed by atoms with Crippen LogP contribution in [-0.2, 0) is 12.7 Å². The standard InChI is InChI=1S/C21H27F3N4O/c1-4-28-15(2)12-18(16(28)3)19(29)14-26-8-5-9-27(11-10-26)20-7-6-17(13-25-20)21(22,23)24/h6-7,12-13H,4-5,8-11,14H2,1-3H3. The first-order valence-electron chi connectivity index (χ1n) is 9.91. The molecule has 0 atom stereocenters. The number of carbonyl (C=O) groups excluding carboxylic acids is 1. The topological polar surface area (TPSA) is 41.4 Å². The summed E-state index contributed by atoms with van der Waals surface area (Å²) in [6.45, 7) is 10.0. The van der Waals surface area contributed by atoms with E-state index in [4.69, 9.17) is 0 Å². The first-order chi connectivity index (χ1) is 13.7. The lowest BCUT2D eigenvalue weighted by Crippen LogP contribution is -2.34. The Hall–Kier alpha value is -2.35. The molecule has 0 amide bonds. The Labute approximate surface area is 169 Å². The number of hydrogen-bond donors (Lipinski definition) is 0. The number of nitrogens with zero attached hydrogens (tertiary/aromatic N) is 4. The van der Waals surface area contributed by atoms with Crippen LogP contribution >= 0.6 is 0 Å². The van der Waals surface area contributed by atoms with Crippen LogP contribution in [0.5, 0.6) is 0 Å². The van der Waals surface area contributed by atoms with Gasteiger partial charge in [0, 0.05) is 55.9 Å². The molecular formula is C21H27F3N4O. The van der Waals surface area contributed by atoms with Crippen LogP contribution in [0.25, 0.3) is 0 Å². The number of Topliss-reactive ketones (excluding diaryl/α,β-unsaturated/α-hetero) is 1. The minimum Gasteiger partial charge on any atom is -0.355 e. The second-order valence-corrected chi connectivity index (χ2v) is 7.47. The van der Waals surface area contributed by atoms with Crippen molar-refractivity contribution in [1.82, 2.24) is 14.5 Å². The minimum absolute atomic E-state index is 0.110. The smallest absolute Gasteiger partial charge is 0.355 e. The molecule has 3 rings (SSSR count). The van der Waals surface area contributed by atoms with Crippen molar-refractivity contribution in [2.24, 2.45) is 0 Å². The number of ketones is 1. The zero-order valence-corrected chi connectivity index (χ0v) is 17.1. The predicted molar refractivity (Wildman–Crippen MR) is 106 cm³/mol. The van der Waals surface area contributed by atoms with E-state index in [1.807, 2.05) is 24.8 Å². The van der Waals surface area contributed by atoms with Crippen molar-refractivity contribution >= 4 is 11.6 Å². The van der Waals surface area contributed by atoms with Gasteiger partial charge in [-0.15, -0.1) is 0 Å². The molecule has 29 heavy (non-hydrogen) atoms. The molecule has 158 valence electrons. The van der Waals surface area contributed by atoms with E-state index < -0.39 is 11.7 Å². The van der Waals surface area contributed by atoms with E-state index in [2.05, 4.69) is 21.4 Å². The van der Waals surface area contributed by atoms with E-state index in [1.54, 1.807) is 0 Å². The fourth-order valence-corrected chi connectivity index (χ4v) is 3.96. The third-order valence-corrected chi connectivity index (χ3v) is 5.55. The van der Waals surface area contributed by atoms with Gasteiger partial charge in [-0.1, -0.05) is 0 Å². The molecule has 1 saturated heterocycles. The first kappa shape index (κ1) is 21.4. The van der Waals surface area contributed by atoms with Gasteiger partial charge in [0.25, 0.3) is 0 Å². The Morgan fingerprint density at radius 1 is 1.14 bits per heavy atom. The molecule has 0 bridgehead atoms. The Kier molecular flexibility index (Phi) is 6.31. The average Bonchev–Trinajstić information content (AvgIpc) is 2.83. The van der Waals surface area contributed by atoms with Crippen LogP contribution in [-0.4, -0.2) is 53.0 Å². The fraction of sp³-hybridized carbons (Fsp3) is 0.524. The highest BCUT2D eigenvalue weighted by molar-refractivity contribution is 5.99. The van der Waals surface area contributed by atoms with Gasteiger partial charge in [0.15, 0.2) is 5.78 Å². The van der Waals surface area contributed by atoms with Crippen LogP contribution in [0, 0.1) is 13.8 Å². The molecule has 5 nitrogen and oxygen atoms in total. The van der Waals surface area contributed by atoms with Gasteiger partial charge >= 0.3 is 6.18 Å². The fourth-order valence-electron chi connectivity index (χ4n) is 3.96.